The van der Waals surface area contributed by atoms with E-state index in [0.717, 1.165) is 22.0 Å². The molecule has 0 aliphatic heterocycles. The van der Waals surface area contributed by atoms with E-state index in [9.17, 15) is 17.6 Å². The number of nitrogens with zero attached hydrogens (tertiary/aromatic N) is 1. The number of carbonyl (C=O) groups is 1. The zero-order valence-electron chi connectivity index (χ0n) is 18.3. The molecule has 0 aliphatic carbocycles. The van der Waals surface area contributed by atoms with Gasteiger partial charge in [-0.3, -0.25) is 9.10 Å². The summed E-state index contributed by atoms with van der Waals surface area (Å²) in [5, 5.41) is 2.73. The van der Waals surface area contributed by atoms with Crippen LogP contribution < -0.4 is 19.1 Å². The maximum atomic E-state index is 13.3. The van der Waals surface area contributed by atoms with Gasteiger partial charge in [-0.25, -0.2) is 12.8 Å². The normalized spacial score (nSPS) is 11.0. The predicted octanol–water partition coefficient (Wildman–Crippen LogP) is 3.74. The second-order valence-corrected chi connectivity index (χ2v) is 8.88. The maximum Gasteiger partial charge on any atom is 0.264 e. The fourth-order valence-corrected chi connectivity index (χ4v) is 4.48. The van der Waals surface area contributed by atoms with Crippen molar-refractivity contribution >= 4 is 21.6 Å². The van der Waals surface area contributed by atoms with Crippen molar-refractivity contribution in [3.63, 3.8) is 0 Å². The molecule has 174 valence electrons. The smallest absolute Gasteiger partial charge is 0.264 e. The summed E-state index contributed by atoms with van der Waals surface area (Å²) in [5.74, 6) is 0.214. The van der Waals surface area contributed by atoms with E-state index in [1.54, 1.807) is 55.6 Å². The summed E-state index contributed by atoms with van der Waals surface area (Å²) >= 11 is 0. The fraction of sp³-hybridized carbons (Fsp3) is 0.208. The van der Waals surface area contributed by atoms with Crippen LogP contribution >= 0.6 is 0 Å². The lowest BCUT2D eigenvalue weighted by Gasteiger charge is -2.24. The molecule has 0 saturated carbocycles. The highest BCUT2D eigenvalue weighted by Gasteiger charge is 2.27. The summed E-state index contributed by atoms with van der Waals surface area (Å²) < 4.78 is 51.5. The Morgan fingerprint density at radius 1 is 0.939 bits per heavy atom. The minimum Gasteiger partial charge on any atom is -0.497 e. The third-order valence-corrected chi connectivity index (χ3v) is 6.56. The van der Waals surface area contributed by atoms with E-state index in [1.807, 2.05) is 6.92 Å². The standard InChI is InChI=1S/C24H25FN2O5S/c1-3-32-22-12-8-20(9-13-22)27(33(29,30)23-14-6-19(25)7-15-23)17-24(28)26-16-18-4-10-21(31-2)11-5-18/h4-15H,3,16-17H2,1-2H3,(H,26,28). The number of halogens is 1. The fourth-order valence-electron chi connectivity index (χ4n) is 3.05. The highest BCUT2D eigenvalue weighted by Crippen LogP contribution is 2.26. The third kappa shape index (κ3) is 6.23. The van der Waals surface area contributed by atoms with Crippen molar-refractivity contribution < 1.29 is 27.1 Å². The molecule has 0 heterocycles. The van der Waals surface area contributed by atoms with Gasteiger partial charge in [0.15, 0.2) is 0 Å². The number of amides is 1. The minimum absolute atomic E-state index is 0.124. The lowest BCUT2D eigenvalue weighted by atomic mass is 10.2. The van der Waals surface area contributed by atoms with Gasteiger partial charge < -0.3 is 14.8 Å². The Morgan fingerprint density at radius 3 is 2.12 bits per heavy atom. The Balaban J connectivity index is 1.82. The first-order valence-electron chi connectivity index (χ1n) is 10.2. The summed E-state index contributed by atoms with van der Waals surface area (Å²) in [7, 11) is -2.57. The van der Waals surface area contributed by atoms with Crippen molar-refractivity contribution in [2.45, 2.75) is 18.4 Å². The molecular formula is C24H25FN2O5S. The molecular weight excluding hydrogens is 447 g/mol. The van der Waals surface area contributed by atoms with Gasteiger partial charge in [0.2, 0.25) is 5.91 Å². The third-order valence-electron chi connectivity index (χ3n) is 4.77. The second-order valence-electron chi connectivity index (χ2n) is 7.02. The number of nitrogens with one attached hydrogen (secondary N) is 1. The van der Waals surface area contributed by atoms with Crippen LogP contribution in [-0.4, -0.2) is 34.6 Å². The zero-order chi connectivity index (χ0) is 23.8. The number of hydrogen-bond donors (Lipinski definition) is 1. The van der Waals surface area contributed by atoms with Crippen molar-refractivity contribution in [1.82, 2.24) is 5.32 Å². The Morgan fingerprint density at radius 2 is 1.55 bits per heavy atom. The van der Waals surface area contributed by atoms with Crippen molar-refractivity contribution in [1.29, 1.82) is 0 Å². The number of anilines is 1. The van der Waals surface area contributed by atoms with Crippen LogP contribution in [0.1, 0.15) is 12.5 Å². The Kier molecular flexibility index (Phi) is 7.89. The van der Waals surface area contributed by atoms with Gasteiger partial charge in [-0.2, -0.15) is 0 Å². The molecule has 3 aromatic rings. The average molecular weight is 473 g/mol. The molecule has 1 amide bonds. The molecule has 0 saturated heterocycles. The van der Waals surface area contributed by atoms with Gasteiger partial charge in [-0.15, -0.1) is 0 Å². The van der Waals surface area contributed by atoms with E-state index in [1.165, 1.54) is 12.1 Å². The van der Waals surface area contributed by atoms with Crippen LogP contribution in [0.3, 0.4) is 0 Å². The lowest BCUT2D eigenvalue weighted by Crippen LogP contribution is -2.40. The Bertz CT molecular complexity index is 1160. The van der Waals surface area contributed by atoms with Crippen molar-refractivity contribution in [2.75, 3.05) is 24.6 Å². The van der Waals surface area contributed by atoms with Gasteiger partial charge in [0.1, 0.15) is 23.9 Å². The van der Waals surface area contributed by atoms with Crippen molar-refractivity contribution in [3.8, 4) is 11.5 Å². The summed E-state index contributed by atoms with van der Waals surface area (Å²) in [4.78, 5) is 12.6. The molecule has 9 heteroatoms. The molecule has 0 fully saturated rings. The lowest BCUT2D eigenvalue weighted by molar-refractivity contribution is -0.119. The summed E-state index contributed by atoms with van der Waals surface area (Å²) in [6.07, 6.45) is 0. The molecule has 3 aromatic carbocycles. The molecule has 0 spiro atoms. The molecule has 3 rings (SSSR count). The first-order chi connectivity index (χ1) is 15.8. The summed E-state index contributed by atoms with van der Waals surface area (Å²) in [6, 6.07) is 18.0. The van der Waals surface area contributed by atoms with E-state index in [0.29, 0.717) is 18.1 Å². The van der Waals surface area contributed by atoms with Crippen molar-refractivity contribution in [3.05, 3.63) is 84.2 Å². The van der Waals surface area contributed by atoms with Crippen LogP contribution in [0, 0.1) is 5.82 Å². The van der Waals surface area contributed by atoms with Crippen LogP contribution in [0.4, 0.5) is 10.1 Å². The monoisotopic (exact) mass is 472 g/mol. The SMILES string of the molecule is CCOc1ccc(N(CC(=O)NCc2ccc(OC)cc2)S(=O)(=O)c2ccc(F)cc2)cc1. The van der Waals surface area contributed by atoms with E-state index in [2.05, 4.69) is 5.32 Å². The van der Waals surface area contributed by atoms with Gasteiger partial charge in [-0.05, 0) is 73.2 Å². The van der Waals surface area contributed by atoms with E-state index in [-0.39, 0.29) is 17.1 Å². The molecule has 0 radical (unpaired) electrons. The summed E-state index contributed by atoms with van der Waals surface area (Å²) in [5.41, 5.74) is 1.11. The molecule has 7 nitrogen and oxygen atoms in total. The number of methoxy groups -OCH3 is 1. The average Bonchev–Trinajstić information content (AvgIpc) is 2.82. The van der Waals surface area contributed by atoms with Crippen LogP contribution in [0.5, 0.6) is 11.5 Å². The highest BCUT2D eigenvalue weighted by atomic mass is 32.2. The second kappa shape index (κ2) is 10.8. The minimum atomic E-state index is -4.13. The van der Waals surface area contributed by atoms with E-state index < -0.39 is 28.3 Å². The molecule has 33 heavy (non-hydrogen) atoms. The van der Waals surface area contributed by atoms with Crippen LogP contribution in [0.2, 0.25) is 0 Å². The zero-order valence-corrected chi connectivity index (χ0v) is 19.1. The molecule has 0 aliphatic rings. The van der Waals surface area contributed by atoms with E-state index >= 15 is 0 Å². The molecule has 0 atom stereocenters. The predicted molar refractivity (Wildman–Crippen MR) is 123 cm³/mol. The molecule has 0 aromatic heterocycles. The molecule has 1 N–H and O–H groups in total. The van der Waals surface area contributed by atoms with Crippen molar-refractivity contribution in [2.24, 2.45) is 0 Å². The summed E-state index contributed by atoms with van der Waals surface area (Å²) in [6.45, 7) is 2.07. The Hall–Kier alpha value is -3.59. The topological polar surface area (TPSA) is 84.9 Å². The van der Waals surface area contributed by atoms with E-state index in [4.69, 9.17) is 9.47 Å². The number of sulfonamides is 1. The first-order valence-corrected chi connectivity index (χ1v) is 11.7. The van der Waals surface area contributed by atoms with Gasteiger partial charge in [0.05, 0.1) is 24.3 Å². The van der Waals surface area contributed by atoms with Gasteiger partial charge in [0.25, 0.3) is 10.0 Å². The maximum absolute atomic E-state index is 13.3. The number of benzene rings is 3. The van der Waals surface area contributed by atoms with Gasteiger partial charge >= 0.3 is 0 Å². The van der Waals surface area contributed by atoms with Crippen LogP contribution in [0.25, 0.3) is 0 Å². The van der Waals surface area contributed by atoms with Gasteiger partial charge in [0, 0.05) is 6.54 Å². The number of carbonyl (C=O) groups excluding carboxylic acids is 1. The first kappa shape index (κ1) is 24.1. The molecule has 0 unspecified atom stereocenters. The Labute approximate surface area is 192 Å². The number of rotatable bonds is 10. The molecule has 0 bridgehead atoms. The van der Waals surface area contributed by atoms with Crippen LogP contribution in [-0.2, 0) is 21.4 Å². The quantitative estimate of drug-likeness (QED) is 0.486. The largest absolute Gasteiger partial charge is 0.497 e. The highest BCUT2D eigenvalue weighted by molar-refractivity contribution is 7.92. The van der Waals surface area contributed by atoms with Crippen LogP contribution in [0.15, 0.2) is 77.7 Å². The number of ether oxygens (including phenoxy) is 2. The number of hydrogen-bond acceptors (Lipinski definition) is 5. The van der Waals surface area contributed by atoms with Gasteiger partial charge in [-0.1, -0.05) is 12.1 Å².